The summed E-state index contributed by atoms with van der Waals surface area (Å²) in [5, 5.41) is 0. The minimum Gasteiger partial charge on any atom is -0.469 e. The van der Waals surface area contributed by atoms with E-state index in [0.717, 1.165) is 0 Å². The summed E-state index contributed by atoms with van der Waals surface area (Å²) in [4.78, 5) is 22.4. The van der Waals surface area contributed by atoms with E-state index in [1.807, 2.05) is 0 Å². The molecule has 1 aromatic carbocycles. The van der Waals surface area contributed by atoms with Crippen molar-refractivity contribution in [2.75, 3.05) is 12.8 Å². The van der Waals surface area contributed by atoms with Crippen LogP contribution in [0.4, 0.5) is 5.69 Å². The van der Waals surface area contributed by atoms with Gasteiger partial charge in [0, 0.05) is 11.3 Å². The van der Waals surface area contributed by atoms with Gasteiger partial charge in [-0.15, -0.1) is 0 Å². The molecule has 0 heterocycles. The molecule has 1 rings (SSSR count). The Labute approximate surface area is 88.0 Å². The van der Waals surface area contributed by atoms with Crippen LogP contribution in [0.1, 0.15) is 22.8 Å². The van der Waals surface area contributed by atoms with Crippen LogP contribution in [-0.4, -0.2) is 18.9 Å². The molecule has 0 aliphatic rings. The fourth-order valence-electron chi connectivity index (χ4n) is 1.35. The second-order valence-corrected chi connectivity index (χ2v) is 3.18. The molecule has 0 saturated heterocycles. The van der Waals surface area contributed by atoms with Gasteiger partial charge in [-0.2, -0.15) is 0 Å². The second-order valence-electron chi connectivity index (χ2n) is 3.18. The Bertz CT molecular complexity index is 399. The first kappa shape index (κ1) is 11.2. The molecule has 0 saturated carbocycles. The zero-order valence-corrected chi connectivity index (χ0v) is 8.74. The summed E-state index contributed by atoms with van der Waals surface area (Å²) in [6.45, 7) is 1.44. The average molecular weight is 207 g/mol. The van der Waals surface area contributed by atoms with E-state index < -0.39 is 5.97 Å². The van der Waals surface area contributed by atoms with Gasteiger partial charge in [0.15, 0.2) is 5.78 Å². The Balaban J connectivity index is 3.13. The number of hydrogen-bond donors (Lipinski definition) is 1. The lowest BCUT2D eigenvalue weighted by Crippen LogP contribution is -2.11. The topological polar surface area (TPSA) is 69.4 Å². The summed E-state index contributed by atoms with van der Waals surface area (Å²) in [7, 11) is 1.30. The number of carbonyl (C=O) groups is 2. The van der Waals surface area contributed by atoms with E-state index in [1.165, 1.54) is 14.0 Å². The van der Waals surface area contributed by atoms with Crippen molar-refractivity contribution in [3.05, 3.63) is 29.3 Å². The molecule has 0 aromatic heterocycles. The number of ether oxygens (including phenoxy) is 1. The Kier molecular flexibility index (Phi) is 3.44. The maximum atomic E-state index is 11.3. The number of carbonyl (C=O) groups excluding carboxylic acids is 2. The number of hydrogen-bond acceptors (Lipinski definition) is 4. The predicted molar refractivity (Wildman–Crippen MR) is 56.6 cm³/mol. The summed E-state index contributed by atoms with van der Waals surface area (Å²) >= 11 is 0. The van der Waals surface area contributed by atoms with Crippen molar-refractivity contribution in [2.45, 2.75) is 13.3 Å². The van der Waals surface area contributed by atoms with Crippen LogP contribution in [-0.2, 0) is 16.0 Å². The minimum atomic E-state index is -0.407. The highest BCUT2D eigenvalue weighted by molar-refractivity contribution is 5.98. The predicted octanol–water partition coefficient (Wildman–Crippen LogP) is 1.19. The van der Waals surface area contributed by atoms with Crippen LogP contribution in [0, 0.1) is 0 Å². The molecule has 0 radical (unpaired) electrons. The smallest absolute Gasteiger partial charge is 0.310 e. The molecule has 0 atom stereocenters. The lowest BCUT2D eigenvalue weighted by molar-refractivity contribution is -0.139. The molecule has 4 nitrogen and oxygen atoms in total. The molecule has 15 heavy (non-hydrogen) atoms. The fraction of sp³-hybridized carbons (Fsp3) is 0.273. The number of benzene rings is 1. The lowest BCUT2D eigenvalue weighted by atomic mass is 10.00. The molecule has 0 spiro atoms. The van der Waals surface area contributed by atoms with Gasteiger partial charge in [-0.3, -0.25) is 9.59 Å². The molecular formula is C11H13NO3. The van der Waals surface area contributed by atoms with Gasteiger partial charge in [-0.25, -0.2) is 0 Å². The van der Waals surface area contributed by atoms with Gasteiger partial charge in [0.25, 0.3) is 0 Å². The minimum absolute atomic E-state index is 0.0259. The highest BCUT2D eigenvalue weighted by Gasteiger charge is 2.13. The third kappa shape index (κ3) is 2.56. The number of nitrogens with two attached hydrogens (primary N) is 1. The zero-order chi connectivity index (χ0) is 11.4. The normalized spacial score (nSPS) is 9.73. The number of rotatable bonds is 3. The number of Topliss-reactive ketones (excluding diaryl/α,β-unsaturated/α-hetero) is 1. The molecule has 4 heteroatoms. The van der Waals surface area contributed by atoms with Crippen molar-refractivity contribution in [1.82, 2.24) is 0 Å². The number of methoxy groups -OCH3 is 1. The van der Waals surface area contributed by atoms with Crippen LogP contribution in [0.5, 0.6) is 0 Å². The number of ketones is 1. The zero-order valence-electron chi connectivity index (χ0n) is 8.74. The van der Waals surface area contributed by atoms with Crippen molar-refractivity contribution < 1.29 is 14.3 Å². The highest BCUT2D eigenvalue weighted by Crippen LogP contribution is 2.18. The Hall–Kier alpha value is -1.84. The van der Waals surface area contributed by atoms with Crippen molar-refractivity contribution in [3.8, 4) is 0 Å². The summed E-state index contributed by atoms with van der Waals surface area (Å²) < 4.78 is 4.54. The molecular weight excluding hydrogens is 194 g/mol. The molecule has 0 aliphatic heterocycles. The molecule has 0 fully saturated rings. The quantitative estimate of drug-likeness (QED) is 0.459. The van der Waals surface area contributed by atoms with E-state index in [9.17, 15) is 9.59 Å². The number of nitrogen functional groups attached to an aromatic ring is 1. The van der Waals surface area contributed by atoms with E-state index in [0.29, 0.717) is 16.8 Å². The third-order valence-electron chi connectivity index (χ3n) is 2.14. The SMILES string of the molecule is COC(=O)Cc1c(N)cccc1C(C)=O. The largest absolute Gasteiger partial charge is 0.469 e. The van der Waals surface area contributed by atoms with E-state index in [-0.39, 0.29) is 12.2 Å². The van der Waals surface area contributed by atoms with Crippen molar-refractivity contribution in [2.24, 2.45) is 0 Å². The van der Waals surface area contributed by atoms with Crippen LogP contribution in [0.15, 0.2) is 18.2 Å². The van der Waals surface area contributed by atoms with E-state index in [1.54, 1.807) is 18.2 Å². The Morgan fingerprint density at radius 3 is 2.60 bits per heavy atom. The van der Waals surface area contributed by atoms with Gasteiger partial charge in [-0.1, -0.05) is 12.1 Å². The molecule has 0 bridgehead atoms. The van der Waals surface area contributed by atoms with Crippen molar-refractivity contribution in [1.29, 1.82) is 0 Å². The van der Waals surface area contributed by atoms with E-state index in [4.69, 9.17) is 5.73 Å². The van der Waals surface area contributed by atoms with Gasteiger partial charge in [0.2, 0.25) is 0 Å². The molecule has 2 N–H and O–H groups in total. The first-order valence-corrected chi connectivity index (χ1v) is 4.51. The van der Waals surface area contributed by atoms with Gasteiger partial charge in [-0.05, 0) is 18.6 Å². The maximum absolute atomic E-state index is 11.3. The number of esters is 1. The van der Waals surface area contributed by atoms with Crippen molar-refractivity contribution >= 4 is 17.4 Å². The second kappa shape index (κ2) is 4.59. The Morgan fingerprint density at radius 2 is 2.07 bits per heavy atom. The van der Waals surface area contributed by atoms with Crippen LogP contribution >= 0.6 is 0 Å². The first-order valence-electron chi connectivity index (χ1n) is 4.51. The molecule has 0 amide bonds. The van der Waals surface area contributed by atoms with Gasteiger partial charge >= 0.3 is 5.97 Å². The highest BCUT2D eigenvalue weighted by atomic mass is 16.5. The van der Waals surface area contributed by atoms with Crippen LogP contribution in [0.3, 0.4) is 0 Å². The van der Waals surface area contributed by atoms with Crippen LogP contribution in [0.2, 0.25) is 0 Å². The first-order chi connectivity index (χ1) is 7.06. The molecule has 1 aromatic rings. The lowest BCUT2D eigenvalue weighted by Gasteiger charge is -2.08. The summed E-state index contributed by atoms with van der Waals surface area (Å²) in [6, 6.07) is 4.99. The van der Waals surface area contributed by atoms with Gasteiger partial charge in [0.1, 0.15) is 0 Å². The standard InChI is InChI=1S/C11H13NO3/c1-7(13)8-4-3-5-10(12)9(8)6-11(14)15-2/h3-5H,6,12H2,1-2H3. The summed E-state index contributed by atoms with van der Waals surface area (Å²) in [5.41, 5.74) is 7.15. The third-order valence-corrected chi connectivity index (χ3v) is 2.14. The Morgan fingerprint density at radius 1 is 1.40 bits per heavy atom. The summed E-state index contributed by atoms with van der Waals surface area (Å²) in [5.74, 6) is -0.517. The van der Waals surface area contributed by atoms with Gasteiger partial charge < -0.3 is 10.5 Å². The number of anilines is 1. The van der Waals surface area contributed by atoms with Crippen LogP contribution < -0.4 is 5.73 Å². The molecule has 0 unspecified atom stereocenters. The van der Waals surface area contributed by atoms with Gasteiger partial charge in [0.05, 0.1) is 13.5 Å². The monoisotopic (exact) mass is 207 g/mol. The van der Waals surface area contributed by atoms with E-state index in [2.05, 4.69) is 4.74 Å². The summed E-state index contributed by atoms with van der Waals surface area (Å²) in [6.07, 6.45) is 0.0259. The van der Waals surface area contributed by atoms with Crippen LogP contribution in [0.25, 0.3) is 0 Å². The maximum Gasteiger partial charge on any atom is 0.310 e. The van der Waals surface area contributed by atoms with Crippen molar-refractivity contribution in [3.63, 3.8) is 0 Å². The fourth-order valence-corrected chi connectivity index (χ4v) is 1.35. The molecule has 80 valence electrons. The van der Waals surface area contributed by atoms with E-state index >= 15 is 0 Å². The molecule has 0 aliphatic carbocycles. The average Bonchev–Trinajstić information content (AvgIpc) is 2.20.